The van der Waals surface area contributed by atoms with Gasteiger partial charge in [-0.05, 0) is 36.6 Å². The van der Waals surface area contributed by atoms with Crippen LogP contribution >= 0.6 is 0 Å². The zero-order valence-corrected chi connectivity index (χ0v) is 15.9. The molecule has 0 saturated carbocycles. The molecule has 1 aliphatic rings. The van der Waals surface area contributed by atoms with Gasteiger partial charge in [0.2, 0.25) is 5.88 Å². The van der Waals surface area contributed by atoms with E-state index in [-0.39, 0.29) is 11.8 Å². The van der Waals surface area contributed by atoms with Crippen molar-refractivity contribution in [3.05, 3.63) is 72.2 Å². The Kier molecular flexibility index (Phi) is 5.32. The summed E-state index contributed by atoms with van der Waals surface area (Å²) in [5, 5.41) is 0. The Morgan fingerprint density at radius 1 is 1.21 bits per heavy atom. The van der Waals surface area contributed by atoms with Gasteiger partial charge in [-0.3, -0.25) is 9.78 Å². The summed E-state index contributed by atoms with van der Waals surface area (Å²) in [5.74, 6) is 1.54. The van der Waals surface area contributed by atoms with Crippen molar-refractivity contribution in [1.29, 1.82) is 0 Å². The van der Waals surface area contributed by atoms with Crippen molar-refractivity contribution in [2.75, 3.05) is 20.2 Å². The van der Waals surface area contributed by atoms with Gasteiger partial charge in [0.1, 0.15) is 11.4 Å². The summed E-state index contributed by atoms with van der Waals surface area (Å²) in [4.78, 5) is 27.9. The molecule has 1 unspecified atom stereocenters. The largest absolute Gasteiger partial charge is 0.480 e. The third-order valence-electron chi connectivity index (χ3n) is 5.09. The molecule has 4 heterocycles. The molecule has 1 aliphatic heterocycles. The Morgan fingerprint density at radius 3 is 2.93 bits per heavy atom. The second-order valence-corrected chi connectivity index (χ2v) is 6.93. The van der Waals surface area contributed by atoms with Crippen LogP contribution in [0.5, 0.6) is 5.88 Å². The number of imidazole rings is 1. The third kappa shape index (κ3) is 3.74. The quantitative estimate of drug-likeness (QED) is 0.684. The van der Waals surface area contributed by atoms with Gasteiger partial charge < -0.3 is 14.2 Å². The van der Waals surface area contributed by atoms with Gasteiger partial charge in [-0.1, -0.05) is 6.07 Å². The van der Waals surface area contributed by atoms with Crippen LogP contribution in [0.4, 0.5) is 0 Å². The van der Waals surface area contributed by atoms with Gasteiger partial charge in [0, 0.05) is 50.0 Å². The van der Waals surface area contributed by atoms with Gasteiger partial charge in [-0.25, -0.2) is 9.97 Å². The van der Waals surface area contributed by atoms with E-state index < -0.39 is 0 Å². The Morgan fingerprint density at radius 2 is 2.11 bits per heavy atom. The Hall–Kier alpha value is -3.22. The van der Waals surface area contributed by atoms with Crippen molar-refractivity contribution in [3.63, 3.8) is 0 Å². The number of hydrogen-bond donors (Lipinski definition) is 0. The Balaban J connectivity index is 1.52. The van der Waals surface area contributed by atoms with Crippen LogP contribution in [0.25, 0.3) is 0 Å². The van der Waals surface area contributed by atoms with E-state index in [9.17, 15) is 4.79 Å². The predicted octanol–water partition coefficient (Wildman–Crippen LogP) is 2.75. The molecule has 144 valence electrons. The number of pyridine rings is 2. The van der Waals surface area contributed by atoms with Crippen LogP contribution in [-0.4, -0.2) is 50.5 Å². The molecule has 4 rings (SSSR count). The van der Waals surface area contributed by atoms with Gasteiger partial charge >= 0.3 is 0 Å². The minimum atomic E-state index is -0.0417. The van der Waals surface area contributed by atoms with E-state index in [1.54, 1.807) is 24.5 Å². The number of hydrogen-bond acceptors (Lipinski definition) is 5. The monoisotopic (exact) mass is 377 g/mol. The highest BCUT2D eigenvalue weighted by molar-refractivity contribution is 5.96. The fraction of sp³-hybridized carbons (Fsp3) is 0.333. The Bertz CT molecular complexity index is 941. The van der Waals surface area contributed by atoms with Crippen molar-refractivity contribution in [1.82, 2.24) is 24.4 Å². The third-order valence-corrected chi connectivity index (χ3v) is 5.09. The smallest absolute Gasteiger partial charge is 0.259 e. The van der Waals surface area contributed by atoms with E-state index in [1.807, 2.05) is 29.6 Å². The van der Waals surface area contributed by atoms with Crippen molar-refractivity contribution in [3.8, 4) is 5.88 Å². The topological polar surface area (TPSA) is 73.1 Å². The number of carbonyl (C=O) groups excluding carboxylic acids is 1. The van der Waals surface area contributed by atoms with Crippen LogP contribution < -0.4 is 4.74 Å². The summed E-state index contributed by atoms with van der Waals surface area (Å²) < 4.78 is 7.41. The molecule has 0 aromatic carbocycles. The van der Waals surface area contributed by atoms with E-state index in [4.69, 9.17) is 4.74 Å². The maximum atomic E-state index is 13.0. The van der Waals surface area contributed by atoms with Gasteiger partial charge in [0.15, 0.2) is 0 Å². The molecule has 1 fully saturated rings. The molecule has 0 spiro atoms. The molecule has 0 radical (unpaired) electrons. The molecule has 1 amide bonds. The number of aromatic nitrogens is 4. The number of methoxy groups -OCH3 is 1. The average Bonchev–Trinajstić information content (AvgIpc) is 3.22. The highest BCUT2D eigenvalue weighted by Gasteiger charge is 2.29. The highest BCUT2D eigenvalue weighted by Crippen LogP contribution is 2.28. The molecule has 3 aromatic rings. The lowest BCUT2D eigenvalue weighted by atomic mass is 9.96. The molecule has 1 saturated heterocycles. The van der Waals surface area contributed by atoms with Crippen LogP contribution in [0.15, 0.2) is 55.2 Å². The fourth-order valence-corrected chi connectivity index (χ4v) is 3.76. The summed E-state index contributed by atoms with van der Waals surface area (Å²) in [6.45, 7) is 2.10. The molecular formula is C21H23N5O2. The lowest BCUT2D eigenvalue weighted by Gasteiger charge is -2.33. The minimum Gasteiger partial charge on any atom is -0.480 e. The maximum absolute atomic E-state index is 13.0. The van der Waals surface area contributed by atoms with Crippen molar-refractivity contribution >= 4 is 5.91 Å². The number of ether oxygens (including phenoxy) is 1. The van der Waals surface area contributed by atoms with Crippen LogP contribution in [0.1, 0.15) is 40.5 Å². The predicted molar refractivity (Wildman–Crippen MR) is 104 cm³/mol. The Labute approximate surface area is 164 Å². The normalized spacial score (nSPS) is 16.8. The van der Waals surface area contributed by atoms with Crippen molar-refractivity contribution < 1.29 is 9.53 Å². The second kappa shape index (κ2) is 8.21. The number of likely N-dealkylation sites (tertiary alicyclic amines) is 1. The SMILES string of the molecule is COc1ncccc1C(=O)N1CCCC(c2nccn2Cc2cccnc2)C1. The summed E-state index contributed by atoms with van der Waals surface area (Å²) >= 11 is 0. The standard InChI is InChI=1S/C21H23N5O2/c1-28-20-18(7-3-9-24-20)21(27)26-11-4-6-17(15-26)19-23-10-12-25(19)14-16-5-2-8-22-13-16/h2-3,5,7-10,12-13,17H,4,6,11,14-15H2,1H3. The lowest BCUT2D eigenvalue weighted by molar-refractivity contribution is 0.0699. The molecular weight excluding hydrogens is 354 g/mol. The van der Waals surface area contributed by atoms with Crippen LogP contribution in [0, 0.1) is 0 Å². The summed E-state index contributed by atoms with van der Waals surface area (Å²) in [6.07, 6.45) is 11.1. The van der Waals surface area contributed by atoms with E-state index in [0.29, 0.717) is 18.0 Å². The van der Waals surface area contributed by atoms with E-state index >= 15 is 0 Å². The molecule has 7 nitrogen and oxygen atoms in total. The minimum absolute atomic E-state index is 0.0417. The summed E-state index contributed by atoms with van der Waals surface area (Å²) in [5.41, 5.74) is 1.63. The maximum Gasteiger partial charge on any atom is 0.259 e. The summed E-state index contributed by atoms with van der Waals surface area (Å²) in [6, 6.07) is 7.52. The lowest BCUT2D eigenvalue weighted by Crippen LogP contribution is -2.40. The first-order valence-electron chi connectivity index (χ1n) is 9.44. The molecule has 3 aromatic heterocycles. The van der Waals surface area contributed by atoms with Crippen LogP contribution in [-0.2, 0) is 6.54 Å². The fourth-order valence-electron chi connectivity index (χ4n) is 3.76. The molecule has 28 heavy (non-hydrogen) atoms. The zero-order valence-electron chi connectivity index (χ0n) is 15.9. The number of amides is 1. The van der Waals surface area contributed by atoms with Gasteiger partial charge in [-0.15, -0.1) is 0 Å². The van der Waals surface area contributed by atoms with Crippen molar-refractivity contribution in [2.24, 2.45) is 0 Å². The molecule has 0 bridgehead atoms. The second-order valence-electron chi connectivity index (χ2n) is 6.93. The number of carbonyl (C=O) groups is 1. The number of rotatable bonds is 5. The van der Waals surface area contributed by atoms with Crippen molar-refractivity contribution in [2.45, 2.75) is 25.3 Å². The molecule has 7 heteroatoms. The van der Waals surface area contributed by atoms with Crippen LogP contribution in [0.2, 0.25) is 0 Å². The summed E-state index contributed by atoms with van der Waals surface area (Å²) in [7, 11) is 1.54. The average molecular weight is 377 g/mol. The number of piperidine rings is 1. The van der Waals surface area contributed by atoms with Gasteiger partial charge in [0.05, 0.1) is 13.7 Å². The first kappa shape index (κ1) is 18.2. The highest BCUT2D eigenvalue weighted by atomic mass is 16.5. The van der Waals surface area contributed by atoms with Gasteiger partial charge in [0.25, 0.3) is 5.91 Å². The van der Waals surface area contributed by atoms with Crippen LogP contribution in [0.3, 0.4) is 0 Å². The molecule has 0 N–H and O–H groups in total. The number of nitrogens with zero attached hydrogens (tertiary/aromatic N) is 5. The first-order chi connectivity index (χ1) is 13.8. The zero-order chi connectivity index (χ0) is 19.3. The first-order valence-corrected chi connectivity index (χ1v) is 9.44. The van der Waals surface area contributed by atoms with E-state index in [0.717, 1.165) is 37.3 Å². The molecule has 1 atom stereocenters. The molecule has 0 aliphatic carbocycles. The van der Waals surface area contributed by atoms with Gasteiger partial charge in [-0.2, -0.15) is 0 Å². The van der Waals surface area contributed by atoms with E-state index in [1.165, 1.54) is 7.11 Å². The van der Waals surface area contributed by atoms with E-state index in [2.05, 4.69) is 25.6 Å².